The zero-order chi connectivity index (χ0) is 14.8. The van der Waals surface area contributed by atoms with Crippen molar-refractivity contribution in [1.29, 1.82) is 0 Å². The lowest BCUT2D eigenvalue weighted by Gasteiger charge is -2.29. The lowest BCUT2D eigenvalue weighted by molar-refractivity contribution is 0.220. The molecule has 1 heteroatoms. The van der Waals surface area contributed by atoms with Crippen LogP contribution in [0.4, 0.5) is 0 Å². The first-order chi connectivity index (χ1) is 8.99. The molecule has 0 bridgehead atoms. The van der Waals surface area contributed by atoms with Gasteiger partial charge in [-0.15, -0.1) is 0 Å². The molecule has 1 nitrogen and oxygen atoms in total. The summed E-state index contributed by atoms with van der Waals surface area (Å²) >= 11 is 0. The average molecular weight is 271 g/mol. The number of aliphatic hydroxyl groups is 1. The largest absolute Gasteiger partial charge is 0.400 e. The van der Waals surface area contributed by atoms with Crippen LogP contribution < -0.4 is 0 Å². The second-order valence-electron chi connectivity index (χ2n) is 7.25. The maximum absolute atomic E-state index is 7.00. The molecule has 5 atom stereocenters. The summed E-state index contributed by atoms with van der Waals surface area (Å²) in [6, 6.07) is 0. The summed E-state index contributed by atoms with van der Waals surface area (Å²) in [6.45, 7) is 11.9. The van der Waals surface area contributed by atoms with Crippen molar-refractivity contribution in [1.82, 2.24) is 0 Å². The fraction of sp³-hybridized carbons (Fsp3) is 1.00. The Balaban J connectivity index is 0.000000303. The number of rotatable bonds is 0. The molecule has 0 saturated heterocycles. The fourth-order valence-electron chi connectivity index (χ4n) is 3.55. The third kappa shape index (κ3) is 8.68. The van der Waals surface area contributed by atoms with Crippen LogP contribution in [-0.2, 0) is 0 Å². The van der Waals surface area contributed by atoms with Crippen molar-refractivity contribution >= 4 is 0 Å². The molecular formula is C18H38O. The maximum Gasteiger partial charge on any atom is 0.0319 e. The van der Waals surface area contributed by atoms with Gasteiger partial charge in [0, 0.05) is 7.11 Å². The minimum Gasteiger partial charge on any atom is -0.400 e. The first-order valence-electron chi connectivity index (χ1n) is 8.43. The SMILES string of the molecule is CC1CCC(C)C(C)C1.CC1CCCC(C)C1.CO. The van der Waals surface area contributed by atoms with Crippen molar-refractivity contribution in [2.75, 3.05) is 7.11 Å². The van der Waals surface area contributed by atoms with Crippen LogP contribution in [0, 0.1) is 29.6 Å². The Morgan fingerprint density at radius 1 is 0.579 bits per heavy atom. The molecule has 0 aromatic heterocycles. The van der Waals surface area contributed by atoms with Gasteiger partial charge in [0.2, 0.25) is 0 Å². The van der Waals surface area contributed by atoms with Gasteiger partial charge in [-0.2, -0.15) is 0 Å². The molecule has 0 aromatic carbocycles. The predicted octanol–water partition coefficient (Wildman–Crippen LogP) is 5.52. The summed E-state index contributed by atoms with van der Waals surface area (Å²) in [7, 11) is 1.00. The standard InChI is InChI=1S/C9H18.C8H16.CH4O/c1-7-4-5-8(2)9(3)6-7;1-7-4-3-5-8(2)6-7;1-2/h7-9H,4-6H2,1-3H3;7-8H,3-6H2,1-2H3;2H,1H3. The highest BCUT2D eigenvalue weighted by atomic mass is 16.2. The second kappa shape index (κ2) is 10.7. The van der Waals surface area contributed by atoms with Crippen molar-refractivity contribution in [2.24, 2.45) is 29.6 Å². The van der Waals surface area contributed by atoms with Gasteiger partial charge in [-0.25, -0.2) is 0 Å². The van der Waals surface area contributed by atoms with Crippen LogP contribution in [0.15, 0.2) is 0 Å². The van der Waals surface area contributed by atoms with Gasteiger partial charge in [0.1, 0.15) is 0 Å². The van der Waals surface area contributed by atoms with Crippen molar-refractivity contribution in [3.05, 3.63) is 0 Å². The quantitative estimate of drug-likeness (QED) is 0.614. The molecule has 0 radical (unpaired) electrons. The van der Waals surface area contributed by atoms with E-state index in [0.29, 0.717) is 0 Å². The molecule has 0 heterocycles. The van der Waals surface area contributed by atoms with Crippen molar-refractivity contribution in [2.45, 2.75) is 79.6 Å². The Bertz CT molecular complexity index is 194. The van der Waals surface area contributed by atoms with Crippen molar-refractivity contribution < 1.29 is 5.11 Å². The molecule has 0 spiro atoms. The van der Waals surface area contributed by atoms with E-state index in [0.717, 1.165) is 36.7 Å². The van der Waals surface area contributed by atoms with E-state index < -0.39 is 0 Å². The van der Waals surface area contributed by atoms with E-state index in [1.807, 2.05) is 0 Å². The minimum absolute atomic E-state index is 0.980. The van der Waals surface area contributed by atoms with Gasteiger partial charge in [0.15, 0.2) is 0 Å². The highest BCUT2D eigenvalue weighted by molar-refractivity contribution is 4.72. The fourth-order valence-corrected chi connectivity index (χ4v) is 3.55. The zero-order valence-corrected chi connectivity index (χ0v) is 14.3. The summed E-state index contributed by atoms with van der Waals surface area (Å²) < 4.78 is 0. The lowest BCUT2D eigenvalue weighted by Crippen LogP contribution is -2.18. The Morgan fingerprint density at radius 2 is 1.05 bits per heavy atom. The van der Waals surface area contributed by atoms with Crippen LogP contribution >= 0.6 is 0 Å². The molecule has 1 N–H and O–H groups in total. The zero-order valence-electron chi connectivity index (χ0n) is 14.3. The van der Waals surface area contributed by atoms with Gasteiger partial charge < -0.3 is 5.11 Å². The molecule has 0 amide bonds. The van der Waals surface area contributed by atoms with Gasteiger partial charge >= 0.3 is 0 Å². The van der Waals surface area contributed by atoms with E-state index in [1.165, 1.54) is 44.9 Å². The summed E-state index contributed by atoms with van der Waals surface area (Å²) in [6.07, 6.45) is 10.3. The van der Waals surface area contributed by atoms with E-state index in [1.54, 1.807) is 0 Å². The maximum atomic E-state index is 7.00. The molecule has 116 valence electrons. The molecule has 2 rings (SSSR count). The van der Waals surface area contributed by atoms with Crippen LogP contribution in [0.5, 0.6) is 0 Å². The third-order valence-electron chi connectivity index (χ3n) is 5.06. The van der Waals surface area contributed by atoms with E-state index in [2.05, 4.69) is 34.6 Å². The predicted molar refractivity (Wildman–Crippen MR) is 86.3 cm³/mol. The van der Waals surface area contributed by atoms with E-state index >= 15 is 0 Å². The first kappa shape index (κ1) is 19.0. The Morgan fingerprint density at radius 3 is 1.37 bits per heavy atom. The lowest BCUT2D eigenvalue weighted by atomic mass is 9.77. The molecule has 2 fully saturated rings. The van der Waals surface area contributed by atoms with Gasteiger partial charge in [-0.3, -0.25) is 0 Å². The van der Waals surface area contributed by atoms with Crippen LogP contribution in [0.25, 0.3) is 0 Å². The van der Waals surface area contributed by atoms with E-state index in [4.69, 9.17) is 5.11 Å². The molecule has 0 aromatic rings. The third-order valence-corrected chi connectivity index (χ3v) is 5.06. The van der Waals surface area contributed by atoms with Crippen LogP contribution in [0.1, 0.15) is 79.6 Å². The highest BCUT2D eigenvalue weighted by Crippen LogP contribution is 2.32. The summed E-state index contributed by atoms with van der Waals surface area (Å²) in [5.41, 5.74) is 0. The number of hydrogen-bond acceptors (Lipinski definition) is 1. The topological polar surface area (TPSA) is 20.2 Å². The molecule has 2 saturated carbocycles. The smallest absolute Gasteiger partial charge is 0.0319 e. The van der Waals surface area contributed by atoms with Gasteiger partial charge in [-0.05, 0) is 42.4 Å². The van der Waals surface area contributed by atoms with Gasteiger partial charge in [0.05, 0.1) is 0 Å². The Kier molecular flexibility index (Phi) is 10.7. The van der Waals surface area contributed by atoms with E-state index in [9.17, 15) is 0 Å². The highest BCUT2D eigenvalue weighted by Gasteiger charge is 2.20. The summed E-state index contributed by atoms with van der Waals surface area (Å²) in [5, 5.41) is 7.00. The molecular weight excluding hydrogens is 232 g/mol. The van der Waals surface area contributed by atoms with Crippen LogP contribution in [0.2, 0.25) is 0 Å². The summed E-state index contributed by atoms with van der Waals surface area (Å²) in [5.74, 6) is 4.99. The van der Waals surface area contributed by atoms with Gasteiger partial charge in [-0.1, -0.05) is 66.7 Å². The Hall–Kier alpha value is -0.0400. The second-order valence-corrected chi connectivity index (χ2v) is 7.25. The normalized spacial score (nSPS) is 38.4. The minimum atomic E-state index is 0.980. The summed E-state index contributed by atoms with van der Waals surface area (Å²) in [4.78, 5) is 0. The van der Waals surface area contributed by atoms with Crippen LogP contribution in [-0.4, -0.2) is 12.2 Å². The molecule has 2 aliphatic rings. The molecule has 2 aliphatic carbocycles. The molecule has 19 heavy (non-hydrogen) atoms. The van der Waals surface area contributed by atoms with Crippen molar-refractivity contribution in [3.8, 4) is 0 Å². The average Bonchev–Trinajstić information content (AvgIpc) is 2.37. The first-order valence-corrected chi connectivity index (χ1v) is 8.43. The Labute approximate surface area is 122 Å². The van der Waals surface area contributed by atoms with E-state index in [-0.39, 0.29) is 0 Å². The van der Waals surface area contributed by atoms with Crippen LogP contribution in [0.3, 0.4) is 0 Å². The molecule has 0 aliphatic heterocycles. The monoisotopic (exact) mass is 270 g/mol. The van der Waals surface area contributed by atoms with Crippen molar-refractivity contribution in [3.63, 3.8) is 0 Å². The number of aliphatic hydroxyl groups excluding tert-OH is 1. The van der Waals surface area contributed by atoms with Gasteiger partial charge in [0.25, 0.3) is 0 Å². The number of hydrogen-bond donors (Lipinski definition) is 1. The molecule has 5 unspecified atom stereocenters.